The highest BCUT2D eigenvalue weighted by atomic mass is 16.1. The van der Waals surface area contributed by atoms with Crippen LogP contribution in [0.25, 0.3) is 0 Å². The van der Waals surface area contributed by atoms with E-state index >= 15 is 0 Å². The number of nitriles is 1. The molecule has 2 heterocycles. The van der Waals surface area contributed by atoms with Crippen LogP contribution >= 0.6 is 0 Å². The van der Waals surface area contributed by atoms with Crippen LogP contribution in [0.4, 0.5) is 11.5 Å². The summed E-state index contributed by atoms with van der Waals surface area (Å²) in [7, 11) is 0. The van der Waals surface area contributed by atoms with Gasteiger partial charge in [-0.3, -0.25) is 4.79 Å². The zero-order chi connectivity index (χ0) is 26.1. The maximum atomic E-state index is 13.3. The number of carbonyl (C=O) groups excluding carboxylic acids is 1. The van der Waals surface area contributed by atoms with Gasteiger partial charge in [0.2, 0.25) is 5.91 Å². The number of carbonyl (C=O) groups is 1. The molecule has 37 heavy (non-hydrogen) atoms. The second-order valence-electron chi connectivity index (χ2n) is 10.9. The number of hydrogen-bond acceptors (Lipinski definition) is 4. The predicted molar refractivity (Wildman–Crippen MR) is 151 cm³/mol. The first-order valence-corrected chi connectivity index (χ1v) is 13.5. The van der Waals surface area contributed by atoms with E-state index in [-0.39, 0.29) is 11.8 Å². The van der Waals surface area contributed by atoms with Crippen molar-refractivity contribution in [1.29, 1.82) is 5.26 Å². The van der Waals surface area contributed by atoms with Gasteiger partial charge in [0, 0.05) is 13.1 Å². The maximum absolute atomic E-state index is 13.3. The lowest BCUT2D eigenvalue weighted by Gasteiger charge is -2.38. The number of nitrogens with one attached hydrogen (secondary N) is 1. The summed E-state index contributed by atoms with van der Waals surface area (Å²) in [6.45, 7) is 6.75. The van der Waals surface area contributed by atoms with Crippen LogP contribution < -0.4 is 10.2 Å². The number of piperidine rings is 1. The molecule has 1 aliphatic rings. The first-order chi connectivity index (χ1) is 17.9. The minimum atomic E-state index is -0.207. The fraction of sp³-hybridized carbons (Fsp3) is 0.406. The molecule has 3 aromatic rings. The van der Waals surface area contributed by atoms with Crippen LogP contribution in [-0.4, -0.2) is 24.0 Å². The van der Waals surface area contributed by atoms with Crippen LogP contribution in [-0.2, 0) is 11.2 Å². The van der Waals surface area contributed by atoms with E-state index in [1.54, 1.807) is 0 Å². The number of aromatic nitrogens is 1. The highest BCUT2D eigenvalue weighted by Crippen LogP contribution is 2.32. The van der Waals surface area contributed by atoms with E-state index in [2.05, 4.69) is 41.2 Å². The zero-order valence-electron chi connectivity index (χ0n) is 22.1. The average Bonchev–Trinajstić information content (AvgIpc) is 2.92. The van der Waals surface area contributed by atoms with E-state index in [0.29, 0.717) is 16.8 Å². The van der Waals surface area contributed by atoms with E-state index < -0.39 is 0 Å². The number of aryl methyl sites for hydroxylation is 1. The molecule has 1 fully saturated rings. The third-order valence-corrected chi connectivity index (χ3v) is 7.54. The van der Waals surface area contributed by atoms with Crippen molar-refractivity contribution in [3.05, 3.63) is 89.6 Å². The fourth-order valence-electron chi connectivity index (χ4n) is 4.97. The van der Waals surface area contributed by atoms with Gasteiger partial charge in [-0.2, -0.15) is 5.26 Å². The van der Waals surface area contributed by atoms with Crippen LogP contribution in [0.5, 0.6) is 0 Å². The molecule has 1 aromatic heterocycles. The largest absolute Gasteiger partial charge is 0.370 e. The van der Waals surface area contributed by atoms with E-state index in [9.17, 15) is 4.79 Å². The van der Waals surface area contributed by atoms with E-state index in [1.807, 2.05) is 66.9 Å². The third-order valence-electron chi connectivity index (χ3n) is 7.54. The Bertz CT molecular complexity index is 1170. The lowest BCUT2D eigenvalue weighted by Crippen LogP contribution is -2.37. The molecule has 4 rings (SSSR count). The second-order valence-corrected chi connectivity index (χ2v) is 10.9. The Morgan fingerprint density at radius 2 is 1.73 bits per heavy atom. The lowest BCUT2D eigenvalue weighted by atomic mass is 9.82. The summed E-state index contributed by atoms with van der Waals surface area (Å²) in [6.07, 6.45) is 9.11. The smallest absolute Gasteiger partial charge is 0.233 e. The standard InChI is InChI=1S/C32H38N4O/c1-32(2)19-21-36(22-20-32)28-17-18-30(34-24-28)35-31(37)29(27-10-6-4-7-11-27)12-8-3-5-9-25-13-15-26(23-33)16-14-25/h4,6-7,10-11,13-18,24,29H,3,5,8-9,12,19-22H2,1-2H3,(H,34,35,37). The van der Waals surface area contributed by atoms with E-state index in [0.717, 1.165) is 56.4 Å². The van der Waals surface area contributed by atoms with Gasteiger partial charge in [-0.15, -0.1) is 0 Å². The van der Waals surface area contributed by atoms with Crippen molar-refractivity contribution in [2.24, 2.45) is 5.41 Å². The normalized spacial score (nSPS) is 15.5. The first-order valence-electron chi connectivity index (χ1n) is 13.5. The summed E-state index contributed by atoms with van der Waals surface area (Å²) in [5, 5.41) is 12.0. The molecule has 0 radical (unpaired) electrons. The number of rotatable bonds is 10. The van der Waals surface area contributed by atoms with Gasteiger partial charge in [-0.25, -0.2) is 4.98 Å². The van der Waals surface area contributed by atoms with Crippen molar-refractivity contribution >= 4 is 17.4 Å². The molecular weight excluding hydrogens is 456 g/mol. The van der Waals surface area contributed by atoms with E-state index in [4.69, 9.17) is 5.26 Å². The third kappa shape index (κ3) is 7.67. The van der Waals surface area contributed by atoms with Gasteiger partial charge in [0.25, 0.3) is 0 Å². The molecule has 1 amide bonds. The van der Waals surface area contributed by atoms with Gasteiger partial charge < -0.3 is 10.2 Å². The summed E-state index contributed by atoms with van der Waals surface area (Å²) in [5.74, 6) is 0.396. The minimum absolute atomic E-state index is 0.00161. The number of amides is 1. The van der Waals surface area contributed by atoms with Gasteiger partial charge in [-0.1, -0.05) is 69.2 Å². The Kier molecular flexibility index (Phi) is 8.95. The molecule has 1 unspecified atom stereocenters. The molecule has 0 aliphatic carbocycles. The van der Waals surface area contributed by atoms with Crippen molar-refractivity contribution in [2.45, 2.75) is 64.7 Å². The van der Waals surface area contributed by atoms with Gasteiger partial charge in [-0.05, 0) is 72.9 Å². The molecule has 1 atom stereocenters. The average molecular weight is 495 g/mol. The van der Waals surface area contributed by atoms with Gasteiger partial charge in [0.1, 0.15) is 5.82 Å². The molecule has 0 bridgehead atoms. The SMILES string of the molecule is CC1(C)CCN(c2ccc(NC(=O)C(CCCCCc3ccc(C#N)cc3)c3ccccc3)nc2)CC1. The fourth-order valence-corrected chi connectivity index (χ4v) is 4.97. The highest BCUT2D eigenvalue weighted by Gasteiger charge is 2.26. The first kappa shape index (κ1) is 26.4. The molecule has 192 valence electrons. The van der Waals surface area contributed by atoms with Crippen molar-refractivity contribution in [3.8, 4) is 6.07 Å². The van der Waals surface area contributed by atoms with Gasteiger partial charge >= 0.3 is 0 Å². The second kappa shape index (κ2) is 12.5. The molecule has 1 N–H and O–H groups in total. The summed E-state index contributed by atoms with van der Waals surface area (Å²) < 4.78 is 0. The summed E-state index contributed by atoms with van der Waals surface area (Å²) >= 11 is 0. The van der Waals surface area contributed by atoms with Crippen LogP contribution in [0.15, 0.2) is 72.9 Å². The quantitative estimate of drug-likeness (QED) is 0.305. The predicted octanol–water partition coefficient (Wildman–Crippen LogP) is 7.11. The number of nitrogens with zero attached hydrogens (tertiary/aromatic N) is 3. The van der Waals surface area contributed by atoms with Crippen LogP contribution in [0.1, 0.15) is 75.0 Å². The topological polar surface area (TPSA) is 69.0 Å². The van der Waals surface area contributed by atoms with Crippen molar-refractivity contribution in [3.63, 3.8) is 0 Å². The number of unbranched alkanes of at least 4 members (excludes halogenated alkanes) is 2. The maximum Gasteiger partial charge on any atom is 0.233 e. The van der Waals surface area contributed by atoms with Crippen LogP contribution in [0, 0.1) is 16.7 Å². The minimum Gasteiger partial charge on any atom is -0.370 e. The van der Waals surface area contributed by atoms with Crippen molar-refractivity contribution < 1.29 is 4.79 Å². The molecule has 5 heteroatoms. The molecule has 2 aromatic carbocycles. The Morgan fingerprint density at radius 1 is 1.00 bits per heavy atom. The van der Waals surface area contributed by atoms with Crippen molar-refractivity contribution in [2.75, 3.05) is 23.3 Å². The molecule has 0 spiro atoms. The Morgan fingerprint density at radius 3 is 2.38 bits per heavy atom. The Balaban J connectivity index is 1.31. The molecule has 1 saturated heterocycles. The molecule has 0 saturated carbocycles. The summed E-state index contributed by atoms with van der Waals surface area (Å²) in [6, 6.07) is 24.0. The monoisotopic (exact) mass is 494 g/mol. The highest BCUT2D eigenvalue weighted by molar-refractivity contribution is 5.95. The number of pyridine rings is 1. The van der Waals surface area contributed by atoms with Gasteiger partial charge in [0.05, 0.1) is 29.4 Å². The molecule has 1 aliphatic heterocycles. The lowest BCUT2D eigenvalue weighted by molar-refractivity contribution is -0.117. The Labute approximate surface area is 221 Å². The van der Waals surface area contributed by atoms with E-state index in [1.165, 1.54) is 18.4 Å². The summed E-state index contributed by atoms with van der Waals surface area (Å²) in [5.41, 5.74) is 4.52. The zero-order valence-corrected chi connectivity index (χ0v) is 22.1. The molecular formula is C32H38N4O. The molecule has 5 nitrogen and oxygen atoms in total. The van der Waals surface area contributed by atoms with Crippen LogP contribution in [0.3, 0.4) is 0 Å². The number of hydrogen-bond donors (Lipinski definition) is 1. The number of anilines is 2. The summed E-state index contributed by atoms with van der Waals surface area (Å²) in [4.78, 5) is 20.3. The number of benzene rings is 2. The van der Waals surface area contributed by atoms with Gasteiger partial charge in [0.15, 0.2) is 0 Å². The van der Waals surface area contributed by atoms with Crippen LogP contribution in [0.2, 0.25) is 0 Å². The Hall–Kier alpha value is -3.65. The van der Waals surface area contributed by atoms with Crippen molar-refractivity contribution in [1.82, 2.24) is 4.98 Å².